The molecule has 476 valence electrons. The van der Waals surface area contributed by atoms with Crippen LogP contribution in [0.25, 0.3) is 5.57 Å². The van der Waals surface area contributed by atoms with Gasteiger partial charge in [0.2, 0.25) is 53.2 Å². The van der Waals surface area contributed by atoms with Gasteiger partial charge >= 0.3 is 0 Å². The molecule has 6 aliphatic rings. The minimum absolute atomic E-state index is 0.00396. The summed E-state index contributed by atoms with van der Waals surface area (Å²) in [5, 5.41) is 26.4. The molecule has 2 saturated carbocycles. The minimum Gasteiger partial charge on any atom is -0.508 e. The number of para-hydroxylation sites is 2. The molecule has 2 unspecified atom stereocenters. The molecule has 19 nitrogen and oxygen atoms in total. The maximum atomic E-state index is 14.7. The van der Waals surface area contributed by atoms with Gasteiger partial charge in [-0.1, -0.05) is 119 Å². The Morgan fingerprint density at radius 3 is 1.91 bits per heavy atom. The first kappa shape index (κ1) is 63.6. The molecule has 0 saturated heterocycles. The number of anilines is 3. The molecule has 91 heavy (non-hydrogen) atoms. The highest BCUT2D eigenvalue weighted by Gasteiger charge is 2.58. The number of rotatable bonds is 19. The number of hydrogen-bond donors (Lipinski definition) is 7. The molecule has 1 heterocycles. The number of imide groups is 1. The van der Waals surface area contributed by atoms with Gasteiger partial charge in [-0.25, -0.2) is 0 Å². The van der Waals surface area contributed by atoms with Gasteiger partial charge in [-0.05, 0) is 167 Å². The van der Waals surface area contributed by atoms with Crippen LogP contribution in [0.3, 0.4) is 0 Å². The molecular formula is C72H82N8O11. The van der Waals surface area contributed by atoms with E-state index in [0.717, 1.165) is 90.4 Å². The van der Waals surface area contributed by atoms with Gasteiger partial charge < -0.3 is 46.2 Å². The number of nitrogens with one attached hydrogen (secondary N) is 6. The summed E-state index contributed by atoms with van der Waals surface area (Å²) >= 11 is 0. The van der Waals surface area contributed by atoms with E-state index in [4.69, 9.17) is 4.74 Å². The molecule has 1 aliphatic heterocycles. The predicted molar refractivity (Wildman–Crippen MR) is 344 cm³/mol. The summed E-state index contributed by atoms with van der Waals surface area (Å²) in [6.45, 7) is 7.88. The quantitative estimate of drug-likeness (QED) is 0.0237. The highest BCUT2D eigenvalue weighted by atomic mass is 16.5. The van der Waals surface area contributed by atoms with Crippen molar-refractivity contribution in [1.29, 1.82) is 0 Å². The van der Waals surface area contributed by atoms with Gasteiger partial charge in [0, 0.05) is 35.8 Å². The molecule has 7 atom stereocenters. The van der Waals surface area contributed by atoms with Gasteiger partial charge in [0.05, 0.1) is 37.0 Å². The molecule has 5 aliphatic carbocycles. The second-order valence-electron chi connectivity index (χ2n) is 26.6. The zero-order valence-electron chi connectivity index (χ0n) is 52.6. The number of phenolic OH excluding ortho intramolecular Hbond substituents is 1. The molecule has 0 spiro atoms. The standard InChI is InChI=1S/C72H82N8O11/c1-44-14-6-10-18-56(44)80(66(88)39-75-62(84)38-74-61(83)37-73-60(82)28-29-65(87)79-40-47-15-7-8-16-50(47)52-36-53(52)51-17-9-11-19-57(51)79)41-63(85)76-43-91-42-64(86)77-48-24-20-45-22-26-58-69(2,54(45)34-48)30-12-32-71(58,4)67(89)78-68(90)72(5)33-13-31-70(3)55-35-49(81)25-21-46(55)23-27-59(70)72/h6-11,14-21,24-25,34-36,53,58-59,81H,12-13,22-23,26-33,37-43H2,1-5H3,(H,73,82)(H,74,83)(H,75,84)(H,76,85)(H,77,86)(H,78,89,90)/t53?,58-,59?,69-,70-,71+,72+/m1/s1. The summed E-state index contributed by atoms with van der Waals surface area (Å²) in [6.07, 6.45) is 9.75. The van der Waals surface area contributed by atoms with Crippen LogP contribution in [-0.2, 0) is 78.1 Å². The SMILES string of the molecule is Cc1ccccc1N(CC(=O)NCOCC(=O)Nc1ccc2c(c1)[C@@]1(C)CCC[C@](C)(C(=O)NC(=O)[C@@]3(C)CCC[C@]4(C)c5cc(O)ccc5CCC34)[C@@H]1CC2)C(=O)CNC(=O)CNC(=O)CNC(=O)CCC(=O)N1Cc2ccccc2C2=CC2c2ccccc21. The number of amides is 9. The second kappa shape index (κ2) is 26.1. The Bertz CT molecular complexity index is 3790. The van der Waals surface area contributed by atoms with Crippen LogP contribution in [0.15, 0.2) is 115 Å². The van der Waals surface area contributed by atoms with E-state index in [1.807, 2.05) is 86.6 Å². The van der Waals surface area contributed by atoms with E-state index in [1.54, 1.807) is 42.2 Å². The number of fused-ring (bicyclic) bond motifs is 11. The molecule has 0 aromatic heterocycles. The Balaban J connectivity index is 0.616. The molecule has 2 fully saturated rings. The van der Waals surface area contributed by atoms with Crippen LogP contribution in [0.4, 0.5) is 17.1 Å². The van der Waals surface area contributed by atoms with Gasteiger partial charge in [-0.3, -0.25) is 48.5 Å². The van der Waals surface area contributed by atoms with Crippen LogP contribution in [-0.4, -0.2) is 97.8 Å². The van der Waals surface area contributed by atoms with Crippen LogP contribution < -0.4 is 41.7 Å². The van der Waals surface area contributed by atoms with Crippen molar-refractivity contribution in [1.82, 2.24) is 26.6 Å². The van der Waals surface area contributed by atoms with Crippen molar-refractivity contribution in [3.05, 3.63) is 160 Å². The van der Waals surface area contributed by atoms with E-state index < -0.39 is 84.5 Å². The molecule has 0 bridgehead atoms. The van der Waals surface area contributed by atoms with Crippen LogP contribution in [0.2, 0.25) is 0 Å². The van der Waals surface area contributed by atoms with E-state index in [1.165, 1.54) is 16.0 Å². The smallest absolute Gasteiger partial charge is 0.250 e. The summed E-state index contributed by atoms with van der Waals surface area (Å²) in [7, 11) is 0. The number of nitrogens with zero attached hydrogens (tertiary/aromatic N) is 2. The maximum absolute atomic E-state index is 14.7. The lowest BCUT2D eigenvalue weighted by molar-refractivity contribution is -0.150. The molecule has 5 aromatic carbocycles. The third-order valence-electron chi connectivity index (χ3n) is 20.8. The third-order valence-corrected chi connectivity index (χ3v) is 20.8. The lowest BCUT2D eigenvalue weighted by Crippen LogP contribution is -2.60. The van der Waals surface area contributed by atoms with Gasteiger partial charge in [-0.2, -0.15) is 0 Å². The van der Waals surface area contributed by atoms with E-state index in [9.17, 15) is 48.3 Å². The highest BCUT2D eigenvalue weighted by molar-refractivity contribution is 6.03. The zero-order valence-corrected chi connectivity index (χ0v) is 52.6. The number of carbonyl (C=O) groups excluding carboxylic acids is 9. The van der Waals surface area contributed by atoms with E-state index >= 15 is 0 Å². The summed E-state index contributed by atoms with van der Waals surface area (Å²) in [6, 6.07) is 34.1. The predicted octanol–water partition coefficient (Wildman–Crippen LogP) is 7.98. The summed E-state index contributed by atoms with van der Waals surface area (Å²) in [5.74, 6) is -4.00. The van der Waals surface area contributed by atoms with Gasteiger partial charge in [-0.15, -0.1) is 0 Å². The third kappa shape index (κ3) is 13.0. The van der Waals surface area contributed by atoms with Crippen molar-refractivity contribution in [3.8, 4) is 5.75 Å². The van der Waals surface area contributed by atoms with Crippen molar-refractivity contribution in [2.45, 2.75) is 135 Å². The number of allylic oxidation sites excluding steroid dienone is 2. The molecular weight excluding hydrogens is 1150 g/mol. The van der Waals surface area contributed by atoms with Gasteiger partial charge in [0.15, 0.2) is 0 Å². The number of aromatic hydroxyl groups is 1. The van der Waals surface area contributed by atoms with E-state index in [-0.39, 0.29) is 66.2 Å². The Morgan fingerprint density at radius 1 is 0.615 bits per heavy atom. The van der Waals surface area contributed by atoms with Gasteiger partial charge in [0.1, 0.15) is 25.6 Å². The summed E-state index contributed by atoms with van der Waals surface area (Å²) < 4.78 is 5.59. The fourth-order valence-electron chi connectivity index (χ4n) is 16.0. The Labute approximate surface area is 530 Å². The number of carbonyl (C=O) groups is 9. The largest absolute Gasteiger partial charge is 0.508 e. The normalized spacial score (nSPS) is 23.9. The maximum Gasteiger partial charge on any atom is 0.250 e. The summed E-state index contributed by atoms with van der Waals surface area (Å²) in [5.41, 5.74) is 9.04. The van der Waals surface area contributed by atoms with Crippen LogP contribution in [0, 0.1) is 29.6 Å². The number of phenols is 1. The second-order valence-corrected chi connectivity index (χ2v) is 26.6. The fraction of sp³-hybridized carbons (Fsp3) is 0.431. The monoisotopic (exact) mass is 1230 g/mol. The molecule has 5 aromatic rings. The summed E-state index contributed by atoms with van der Waals surface area (Å²) in [4.78, 5) is 125. The Kier molecular flexibility index (Phi) is 18.2. The van der Waals surface area contributed by atoms with Crippen LogP contribution >= 0.6 is 0 Å². The van der Waals surface area contributed by atoms with Crippen molar-refractivity contribution in [2.24, 2.45) is 22.7 Å². The van der Waals surface area contributed by atoms with Crippen LogP contribution in [0.1, 0.15) is 142 Å². The number of aryl methyl sites for hydroxylation is 3. The number of hydrogen-bond acceptors (Lipinski definition) is 11. The van der Waals surface area contributed by atoms with Gasteiger partial charge in [0.25, 0.3) is 0 Å². The molecule has 19 heteroatoms. The Hall–Kier alpha value is -8.97. The molecule has 7 N–H and O–H groups in total. The lowest BCUT2D eigenvalue weighted by Gasteiger charge is -2.56. The topological polar surface area (TPSA) is 262 Å². The van der Waals surface area contributed by atoms with Crippen molar-refractivity contribution >= 4 is 75.8 Å². The molecule has 0 radical (unpaired) electrons. The average molecular weight is 1240 g/mol. The first-order valence-corrected chi connectivity index (χ1v) is 31.9. The Morgan fingerprint density at radius 2 is 1.22 bits per heavy atom. The van der Waals surface area contributed by atoms with E-state index in [0.29, 0.717) is 36.3 Å². The highest BCUT2D eigenvalue weighted by Crippen LogP contribution is 2.60. The van der Waals surface area contributed by atoms with Crippen molar-refractivity contribution < 1.29 is 53.0 Å². The number of benzene rings is 5. The molecule has 11 rings (SSSR count). The fourth-order valence-corrected chi connectivity index (χ4v) is 16.0. The van der Waals surface area contributed by atoms with Crippen LogP contribution in [0.5, 0.6) is 5.75 Å². The van der Waals surface area contributed by atoms with Crippen molar-refractivity contribution in [2.75, 3.05) is 54.6 Å². The average Bonchev–Trinajstić information content (AvgIpc) is 1.38. The zero-order chi connectivity index (χ0) is 64.4. The first-order valence-electron chi connectivity index (χ1n) is 31.9. The van der Waals surface area contributed by atoms with E-state index in [2.05, 4.69) is 57.9 Å². The minimum atomic E-state index is -0.828. The first-order chi connectivity index (χ1) is 43.6. The number of ether oxygens (including phenoxy) is 1. The molecule has 9 amide bonds. The lowest BCUT2D eigenvalue weighted by atomic mass is 9.49. The van der Waals surface area contributed by atoms with Crippen molar-refractivity contribution in [3.63, 3.8) is 0 Å².